The molecule has 0 bridgehead atoms. The SMILES string of the molecule is NS(=O)(=O)CCNC1CCCc2c1[nH]c1ccccc21. The summed E-state index contributed by atoms with van der Waals surface area (Å²) in [6.07, 6.45) is 3.21. The minimum atomic E-state index is -3.40. The van der Waals surface area contributed by atoms with Crippen LogP contribution in [-0.2, 0) is 16.4 Å². The van der Waals surface area contributed by atoms with Gasteiger partial charge in [0.15, 0.2) is 0 Å². The van der Waals surface area contributed by atoms with Gasteiger partial charge in [0.2, 0.25) is 10.0 Å². The first-order chi connectivity index (χ1) is 9.54. The van der Waals surface area contributed by atoms with Gasteiger partial charge in [-0.15, -0.1) is 0 Å². The van der Waals surface area contributed by atoms with Crippen LogP contribution in [0.25, 0.3) is 10.9 Å². The maximum atomic E-state index is 11.0. The molecule has 4 N–H and O–H groups in total. The zero-order valence-electron chi connectivity index (χ0n) is 11.2. The van der Waals surface area contributed by atoms with Gasteiger partial charge in [-0.25, -0.2) is 13.6 Å². The number of para-hydroxylation sites is 1. The Labute approximate surface area is 118 Å². The molecule has 1 aliphatic carbocycles. The van der Waals surface area contributed by atoms with E-state index in [1.807, 2.05) is 6.07 Å². The molecule has 1 aromatic heterocycles. The topological polar surface area (TPSA) is 88.0 Å². The molecule has 1 atom stereocenters. The van der Waals surface area contributed by atoms with Crippen molar-refractivity contribution in [2.75, 3.05) is 12.3 Å². The summed E-state index contributed by atoms with van der Waals surface area (Å²) in [5, 5.41) is 9.61. The molecule has 20 heavy (non-hydrogen) atoms. The molecule has 108 valence electrons. The largest absolute Gasteiger partial charge is 0.357 e. The Morgan fingerprint density at radius 1 is 1.35 bits per heavy atom. The molecule has 0 saturated carbocycles. The van der Waals surface area contributed by atoms with Crippen molar-refractivity contribution < 1.29 is 8.42 Å². The number of aromatic amines is 1. The number of primary sulfonamides is 1. The second kappa shape index (κ2) is 5.20. The molecule has 5 nitrogen and oxygen atoms in total. The van der Waals surface area contributed by atoms with Crippen molar-refractivity contribution in [1.29, 1.82) is 0 Å². The third-order valence-corrected chi connectivity index (χ3v) is 4.67. The van der Waals surface area contributed by atoms with Crippen molar-refractivity contribution in [3.05, 3.63) is 35.5 Å². The van der Waals surface area contributed by atoms with Crippen LogP contribution in [-0.4, -0.2) is 25.7 Å². The summed E-state index contributed by atoms with van der Waals surface area (Å²) in [6.45, 7) is 0.387. The molecule has 0 spiro atoms. The fourth-order valence-corrected chi connectivity index (χ4v) is 3.40. The van der Waals surface area contributed by atoms with Crippen molar-refractivity contribution in [1.82, 2.24) is 10.3 Å². The highest BCUT2D eigenvalue weighted by Crippen LogP contribution is 2.34. The lowest BCUT2D eigenvalue weighted by molar-refractivity contribution is 0.464. The van der Waals surface area contributed by atoms with Crippen LogP contribution in [0, 0.1) is 0 Å². The lowest BCUT2D eigenvalue weighted by Crippen LogP contribution is -2.31. The maximum Gasteiger partial charge on any atom is 0.210 e. The van der Waals surface area contributed by atoms with Gasteiger partial charge in [0.05, 0.1) is 5.75 Å². The molecule has 0 amide bonds. The molecule has 1 unspecified atom stereocenters. The predicted octanol–water partition coefficient (Wildman–Crippen LogP) is 1.42. The molecule has 0 aliphatic heterocycles. The number of aromatic nitrogens is 1. The number of aryl methyl sites for hydroxylation is 1. The van der Waals surface area contributed by atoms with Crippen LogP contribution < -0.4 is 10.5 Å². The predicted molar refractivity (Wildman–Crippen MR) is 80.0 cm³/mol. The van der Waals surface area contributed by atoms with Crippen molar-refractivity contribution in [3.8, 4) is 0 Å². The summed E-state index contributed by atoms with van der Waals surface area (Å²) in [5.74, 6) is -0.0287. The number of benzene rings is 1. The van der Waals surface area contributed by atoms with E-state index in [1.165, 1.54) is 16.6 Å². The maximum absolute atomic E-state index is 11.0. The van der Waals surface area contributed by atoms with E-state index < -0.39 is 10.0 Å². The van der Waals surface area contributed by atoms with Gasteiger partial charge < -0.3 is 10.3 Å². The molecule has 3 rings (SSSR count). The number of rotatable bonds is 4. The van der Waals surface area contributed by atoms with E-state index in [0.29, 0.717) is 6.54 Å². The van der Waals surface area contributed by atoms with Gasteiger partial charge in [-0.05, 0) is 30.9 Å². The van der Waals surface area contributed by atoms with Gasteiger partial charge in [0.1, 0.15) is 0 Å². The Balaban J connectivity index is 1.83. The smallest absolute Gasteiger partial charge is 0.210 e. The molecule has 0 saturated heterocycles. The Morgan fingerprint density at radius 3 is 2.95 bits per heavy atom. The van der Waals surface area contributed by atoms with E-state index in [2.05, 4.69) is 28.5 Å². The first kappa shape index (κ1) is 13.6. The van der Waals surface area contributed by atoms with Crippen molar-refractivity contribution in [2.45, 2.75) is 25.3 Å². The molecule has 6 heteroatoms. The van der Waals surface area contributed by atoms with Crippen LogP contribution in [0.4, 0.5) is 0 Å². The number of H-pyrrole nitrogens is 1. The molecule has 2 aromatic rings. The third-order valence-electron chi connectivity index (χ3n) is 3.89. The van der Waals surface area contributed by atoms with Crippen LogP contribution >= 0.6 is 0 Å². The number of hydrogen-bond donors (Lipinski definition) is 3. The summed E-state index contributed by atoms with van der Waals surface area (Å²) in [4.78, 5) is 3.47. The van der Waals surface area contributed by atoms with Gasteiger partial charge in [-0.2, -0.15) is 0 Å². The second-order valence-electron chi connectivity index (χ2n) is 5.33. The van der Waals surface area contributed by atoms with Crippen molar-refractivity contribution in [2.24, 2.45) is 5.14 Å². The van der Waals surface area contributed by atoms with Gasteiger partial charge in [-0.1, -0.05) is 18.2 Å². The summed E-state index contributed by atoms with van der Waals surface area (Å²) in [7, 11) is -3.40. The Hall–Kier alpha value is -1.37. The molecule has 1 aromatic carbocycles. The highest BCUT2D eigenvalue weighted by molar-refractivity contribution is 7.89. The molecular weight excluding hydrogens is 274 g/mol. The summed E-state index contributed by atoms with van der Waals surface area (Å²) < 4.78 is 22.0. The van der Waals surface area contributed by atoms with Gasteiger partial charge in [0, 0.05) is 29.2 Å². The molecule has 1 heterocycles. The first-order valence-electron chi connectivity index (χ1n) is 6.88. The Kier molecular flexibility index (Phi) is 3.54. The number of nitrogens with one attached hydrogen (secondary N) is 2. The lowest BCUT2D eigenvalue weighted by atomic mass is 9.92. The molecular formula is C14H19N3O2S. The van der Waals surface area contributed by atoms with E-state index >= 15 is 0 Å². The van der Waals surface area contributed by atoms with Crippen molar-refractivity contribution >= 4 is 20.9 Å². The summed E-state index contributed by atoms with van der Waals surface area (Å²) in [6, 6.07) is 8.47. The van der Waals surface area contributed by atoms with Gasteiger partial charge in [0.25, 0.3) is 0 Å². The monoisotopic (exact) mass is 293 g/mol. The van der Waals surface area contributed by atoms with Gasteiger partial charge in [-0.3, -0.25) is 0 Å². The standard InChI is InChI=1S/C14H19N3O2S/c15-20(18,19)9-8-16-13-7-3-5-11-10-4-1-2-6-12(10)17-14(11)13/h1-2,4,6,13,16-17H,3,5,7-9H2,(H2,15,18,19). The highest BCUT2D eigenvalue weighted by atomic mass is 32.2. The zero-order chi connectivity index (χ0) is 14.2. The minimum absolute atomic E-state index is 0.0287. The lowest BCUT2D eigenvalue weighted by Gasteiger charge is -2.23. The number of nitrogens with two attached hydrogens (primary N) is 1. The average molecular weight is 293 g/mol. The summed E-state index contributed by atoms with van der Waals surface area (Å²) >= 11 is 0. The van der Waals surface area contributed by atoms with E-state index in [9.17, 15) is 8.42 Å². The van der Waals surface area contributed by atoms with Crippen LogP contribution in [0.1, 0.15) is 30.1 Å². The van der Waals surface area contributed by atoms with Crippen LogP contribution in [0.2, 0.25) is 0 Å². The van der Waals surface area contributed by atoms with E-state index in [1.54, 1.807) is 0 Å². The fraction of sp³-hybridized carbons (Fsp3) is 0.429. The number of hydrogen-bond acceptors (Lipinski definition) is 3. The number of fused-ring (bicyclic) bond motifs is 3. The first-order valence-corrected chi connectivity index (χ1v) is 8.59. The quantitative estimate of drug-likeness (QED) is 0.796. The van der Waals surface area contributed by atoms with Gasteiger partial charge >= 0.3 is 0 Å². The molecule has 0 radical (unpaired) electrons. The van der Waals surface area contributed by atoms with E-state index in [0.717, 1.165) is 24.8 Å². The van der Waals surface area contributed by atoms with E-state index in [-0.39, 0.29) is 11.8 Å². The fourth-order valence-electron chi connectivity index (χ4n) is 2.99. The normalized spacial score (nSPS) is 19.1. The molecule has 1 aliphatic rings. The average Bonchev–Trinajstić information content (AvgIpc) is 2.77. The second-order valence-corrected chi connectivity index (χ2v) is 7.06. The third kappa shape index (κ3) is 2.72. The Bertz CT molecular complexity index is 721. The highest BCUT2D eigenvalue weighted by Gasteiger charge is 2.23. The van der Waals surface area contributed by atoms with Crippen molar-refractivity contribution in [3.63, 3.8) is 0 Å². The molecule has 0 fully saturated rings. The minimum Gasteiger partial charge on any atom is -0.357 e. The van der Waals surface area contributed by atoms with Crippen LogP contribution in [0.5, 0.6) is 0 Å². The van der Waals surface area contributed by atoms with Crippen LogP contribution in [0.3, 0.4) is 0 Å². The number of sulfonamides is 1. The zero-order valence-corrected chi connectivity index (χ0v) is 12.0. The Morgan fingerprint density at radius 2 is 2.15 bits per heavy atom. The van der Waals surface area contributed by atoms with E-state index in [4.69, 9.17) is 5.14 Å². The van der Waals surface area contributed by atoms with Crippen LogP contribution in [0.15, 0.2) is 24.3 Å². The summed E-state index contributed by atoms with van der Waals surface area (Å²) in [5.41, 5.74) is 3.71.